The van der Waals surface area contributed by atoms with Gasteiger partial charge in [0.2, 0.25) is 0 Å². The molecular formula is C22H22N6OS. The van der Waals surface area contributed by atoms with Gasteiger partial charge < -0.3 is 10.6 Å². The van der Waals surface area contributed by atoms with Gasteiger partial charge in [0.15, 0.2) is 0 Å². The van der Waals surface area contributed by atoms with Crippen LogP contribution in [0.25, 0.3) is 16.3 Å². The highest BCUT2D eigenvalue weighted by Gasteiger charge is 2.08. The zero-order valence-corrected chi connectivity index (χ0v) is 17.6. The fraction of sp³-hybridized carbons (Fsp3) is 0.182. The van der Waals surface area contributed by atoms with Crippen LogP contribution in [0.2, 0.25) is 0 Å². The lowest BCUT2D eigenvalue weighted by Gasteiger charge is -2.11. The number of nitrogens with one attached hydrogen (secondary N) is 2. The van der Waals surface area contributed by atoms with Crippen LogP contribution in [0.1, 0.15) is 22.0 Å². The van der Waals surface area contributed by atoms with E-state index in [9.17, 15) is 4.79 Å². The van der Waals surface area contributed by atoms with E-state index in [0.717, 1.165) is 17.2 Å². The first-order chi connectivity index (χ1) is 14.6. The first-order valence-electron chi connectivity index (χ1n) is 9.62. The van der Waals surface area contributed by atoms with Gasteiger partial charge in [-0.1, -0.05) is 18.2 Å². The molecule has 7 nitrogen and oxygen atoms in total. The van der Waals surface area contributed by atoms with E-state index in [1.807, 2.05) is 66.4 Å². The molecule has 0 atom stereocenters. The summed E-state index contributed by atoms with van der Waals surface area (Å²) in [5.41, 5.74) is 1.76. The number of benzene rings is 1. The molecular weight excluding hydrogens is 396 g/mol. The van der Waals surface area contributed by atoms with Crippen molar-refractivity contribution >= 4 is 23.1 Å². The van der Waals surface area contributed by atoms with E-state index >= 15 is 0 Å². The number of aromatic nitrogens is 4. The van der Waals surface area contributed by atoms with Gasteiger partial charge in [-0.2, -0.15) is 0 Å². The van der Waals surface area contributed by atoms with Crippen molar-refractivity contribution in [1.82, 2.24) is 24.8 Å². The molecule has 0 spiro atoms. The highest BCUT2D eigenvalue weighted by molar-refractivity contribution is 7.13. The van der Waals surface area contributed by atoms with E-state index < -0.39 is 0 Å². The van der Waals surface area contributed by atoms with Gasteiger partial charge in [-0.05, 0) is 43.0 Å². The number of hydrogen-bond donors (Lipinski definition) is 2. The largest absolute Gasteiger partial charge is 0.368 e. The van der Waals surface area contributed by atoms with Gasteiger partial charge in [0.25, 0.3) is 5.91 Å². The summed E-state index contributed by atoms with van der Waals surface area (Å²) in [4.78, 5) is 26.7. The number of rotatable bonds is 7. The average molecular weight is 419 g/mol. The maximum atomic E-state index is 12.4. The van der Waals surface area contributed by atoms with Gasteiger partial charge in [-0.15, -0.1) is 11.3 Å². The van der Waals surface area contributed by atoms with E-state index in [1.165, 1.54) is 4.88 Å². The smallest absolute Gasteiger partial charge is 0.251 e. The monoisotopic (exact) mass is 418 g/mol. The highest BCUT2D eigenvalue weighted by Crippen LogP contribution is 2.24. The molecule has 1 amide bonds. The Morgan fingerprint density at radius 2 is 1.93 bits per heavy atom. The molecule has 4 aromatic rings. The number of thiophene rings is 1. The minimum absolute atomic E-state index is 0.0943. The lowest BCUT2D eigenvalue weighted by molar-refractivity contribution is 0.0955. The van der Waals surface area contributed by atoms with Crippen LogP contribution in [0, 0.1) is 13.8 Å². The lowest BCUT2D eigenvalue weighted by atomic mass is 10.1. The fourth-order valence-corrected chi connectivity index (χ4v) is 3.82. The van der Waals surface area contributed by atoms with Crippen LogP contribution in [0.4, 0.5) is 5.82 Å². The van der Waals surface area contributed by atoms with Gasteiger partial charge in [-0.3, -0.25) is 9.36 Å². The van der Waals surface area contributed by atoms with Crippen LogP contribution < -0.4 is 10.6 Å². The van der Waals surface area contributed by atoms with Gasteiger partial charge in [0, 0.05) is 42.0 Å². The second-order valence-electron chi connectivity index (χ2n) is 6.74. The number of imidazole rings is 1. The molecule has 4 rings (SSSR count). The molecule has 152 valence electrons. The Hall–Kier alpha value is -3.52. The summed E-state index contributed by atoms with van der Waals surface area (Å²) < 4.78 is 1.90. The van der Waals surface area contributed by atoms with Crippen LogP contribution in [-0.2, 0) is 0 Å². The van der Waals surface area contributed by atoms with Gasteiger partial charge in [0.05, 0.1) is 0 Å². The Morgan fingerprint density at radius 1 is 1.10 bits per heavy atom. The molecule has 1 aromatic carbocycles. The van der Waals surface area contributed by atoms with E-state index in [-0.39, 0.29) is 5.91 Å². The quantitative estimate of drug-likeness (QED) is 0.445. The van der Waals surface area contributed by atoms with Crippen LogP contribution in [-0.4, -0.2) is 38.5 Å². The van der Waals surface area contributed by atoms with E-state index in [1.54, 1.807) is 17.5 Å². The number of carbonyl (C=O) groups excluding carboxylic acids is 1. The second kappa shape index (κ2) is 8.87. The summed E-state index contributed by atoms with van der Waals surface area (Å²) in [5.74, 6) is 2.90. The van der Waals surface area contributed by atoms with Crippen molar-refractivity contribution in [2.24, 2.45) is 0 Å². The molecule has 0 radical (unpaired) electrons. The predicted octanol–water partition coefficient (Wildman–Crippen LogP) is 3.85. The predicted molar refractivity (Wildman–Crippen MR) is 119 cm³/mol. The summed E-state index contributed by atoms with van der Waals surface area (Å²) in [6, 6.07) is 13.6. The minimum Gasteiger partial charge on any atom is -0.368 e. The maximum absolute atomic E-state index is 12.4. The van der Waals surface area contributed by atoms with Crippen molar-refractivity contribution in [2.75, 3.05) is 18.4 Å². The molecule has 0 unspecified atom stereocenters. The third kappa shape index (κ3) is 4.55. The van der Waals surface area contributed by atoms with Gasteiger partial charge >= 0.3 is 0 Å². The highest BCUT2D eigenvalue weighted by atomic mass is 32.1. The van der Waals surface area contributed by atoms with Crippen LogP contribution in [0.15, 0.2) is 60.2 Å². The number of amides is 1. The van der Waals surface area contributed by atoms with Crippen LogP contribution >= 0.6 is 11.3 Å². The molecule has 0 aliphatic carbocycles. The van der Waals surface area contributed by atoms with E-state index in [4.69, 9.17) is 0 Å². The Morgan fingerprint density at radius 3 is 2.63 bits per heavy atom. The second-order valence-corrected chi connectivity index (χ2v) is 7.69. The first kappa shape index (κ1) is 19.8. The molecule has 0 aliphatic heterocycles. The number of carbonyl (C=O) groups is 1. The van der Waals surface area contributed by atoms with Crippen molar-refractivity contribution in [3.05, 3.63) is 77.5 Å². The summed E-state index contributed by atoms with van der Waals surface area (Å²) in [5, 5.41) is 8.22. The molecule has 0 saturated heterocycles. The molecule has 3 heterocycles. The lowest BCUT2D eigenvalue weighted by Crippen LogP contribution is -2.28. The topological polar surface area (TPSA) is 84.7 Å². The molecule has 30 heavy (non-hydrogen) atoms. The summed E-state index contributed by atoms with van der Waals surface area (Å²) in [6.07, 6.45) is 3.60. The average Bonchev–Trinajstić information content (AvgIpc) is 3.43. The van der Waals surface area contributed by atoms with Crippen molar-refractivity contribution in [1.29, 1.82) is 0 Å². The summed E-state index contributed by atoms with van der Waals surface area (Å²) in [6.45, 7) is 4.81. The fourth-order valence-electron chi connectivity index (χ4n) is 3.08. The third-order valence-electron chi connectivity index (χ3n) is 4.57. The number of aryl methyl sites for hydroxylation is 2. The molecule has 0 fully saturated rings. The maximum Gasteiger partial charge on any atom is 0.251 e. The van der Waals surface area contributed by atoms with Gasteiger partial charge in [-0.25, -0.2) is 15.0 Å². The summed E-state index contributed by atoms with van der Waals surface area (Å²) >= 11 is 1.68. The Bertz CT molecular complexity index is 1130. The van der Waals surface area contributed by atoms with Crippen LogP contribution in [0.3, 0.4) is 0 Å². The van der Waals surface area contributed by atoms with Crippen molar-refractivity contribution in [3.63, 3.8) is 0 Å². The van der Waals surface area contributed by atoms with Gasteiger partial charge in [0.1, 0.15) is 23.3 Å². The van der Waals surface area contributed by atoms with Crippen molar-refractivity contribution < 1.29 is 4.79 Å². The standard InChI is InChI=1S/C22H22N6OS/c1-15-26-20(14-21(27-15)28-12-11-23-16(28)2)24-9-10-25-22(29)18-7-5-17(6-8-18)19-4-3-13-30-19/h3-8,11-14H,9-10H2,1-2H3,(H,25,29)(H,24,26,27). The Labute approximate surface area is 178 Å². The molecule has 0 aliphatic rings. The molecule has 0 bridgehead atoms. The van der Waals surface area contributed by atoms with Crippen molar-refractivity contribution in [2.45, 2.75) is 13.8 Å². The summed E-state index contributed by atoms with van der Waals surface area (Å²) in [7, 11) is 0. The van der Waals surface area contributed by atoms with Crippen LogP contribution in [0.5, 0.6) is 0 Å². The number of anilines is 1. The number of nitrogens with zero attached hydrogens (tertiary/aromatic N) is 4. The van der Waals surface area contributed by atoms with E-state index in [2.05, 4.69) is 31.7 Å². The van der Waals surface area contributed by atoms with E-state index in [0.29, 0.717) is 30.3 Å². The number of hydrogen-bond acceptors (Lipinski definition) is 6. The molecule has 2 N–H and O–H groups in total. The molecule has 8 heteroatoms. The normalized spacial score (nSPS) is 10.7. The molecule has 3 aromatic heterocycles. The molecule has 0 saturated carbocycles. The van der Waals surface area contributed by atoms with Crippen molar-refractivity contribution in [3.8, 4) is 16.3 Å². The Balaban J connectivity index is 1.31. The Kier molecular flexibility index (Phi) is 5.85. The zero-order valence-electron chi connectivity index (χ0n) is 16.8. The first-order valence-corrected chi connectivity index (χ1v) is 10.5. The minimum atomic E-state index is -0.0943. The SMILES string of the molecule is Cc1nc(NCCNC(=O)c2ccc(-c3cccs3)cc2)cc(-n2ccnc2C)n1. The third-order valence-corrected chi connectivity index (χ3v) is 5.49. The zero-order chi connectivity index (χ0) is 20.9.